The molecule has 0 aliphatic carbocycles. The molecule has 0 fully saturated rings. The van der Waals surface area contributed by atoms with E-state index in [2.05, 4.69) is 14.7 Å². The van der Waals surface area contributed by atoms with Gasteiger partial charge in [0, 0.05) is 0 Å². The highest BCUT2D eigenvalue weighted by molar-refractivity contribution is 6.17. The molecule has 0 saturated heterocycles. The molecule has 0 aromatic carbocycles. The minimum absolute atomic E-state index is 0.240. The zero-order valence-electron chi connectivity index (χ0n) is 4.47. The molecular formula is C4H4Cl2N2O. The van der Waals surface area contributed by atoms with Gasteiger partial charge in [0.15, 0.2) is 5.82 Å². The van der Waals surface area contributed by atoms with Gasteiger partial charge in [0.05, 0.1) is 5.88 Å². The van der Waals surface area contributed by atoms with Gasteiger partial charge < -0.3 is 4.52 Å². The van der Waals surface area contributed by atoms with Crippen molar-refractivity contribution in [3.05, 3.63) is 11.7 Å². The van der Waals surface area contributed by atoms with Crippen LogP contribution in [0.3, 0.4) is 0 Å². The van der Waals surface area contributed by atoms with Crippen molar-refractivity contribution in [3.8, 4) is 0 Å². The Morgan fingerprint density at radius 2 is 2.11 bits per heavy atom. The minimum Gasteiger partial charge on any atom is -0.338 e. The fraction of sp³-hybridized carbons (Fsp3) is 0.500. The summed E-state index contributed by atoms with van der Waals surface area (Å²) in [5, 5.41) is 3.50. The van der Waals surface area contributed by atoms with Gasteiger partial charge in [0.2, 0.25) is 5.89 Å². The fourth-order valence-corrected chi connectivity index (χ4v) is 0.616. The van der Waals surface area contributed by atoms with E-state index in [1.807, 2.05) is 0 Å². The summed E-state index contributed by atoms with van der Waals surface area (Å²) in [6, 6.07) is 0. The van der Waals surface area contributed by atoms with E-state index in [-0.39, 0.29) is 11.8 Å². The smallest absolute Gasteiger partial charge is 0.241 e. The first kappa shape index (κ1) is 6.83. The summed E-state index contributed by atoms with van der Waals surface area (Å²) in [4.78, 5) is 3.81. The van der Waals surface area contributed by atoms with Crippen LogP contribution in [0.2, 0.25) is 0 Å². The predicted octanol–water partition coefficient (Wildman–Crippen LogP) is 1.55. The number of rotatable bonds is 2. The number of nitrogens with zero attached hydrogens (tertiary/aromatic N) is 2. The third-order valence-electron chi connectivity index (χ3n) is 0.744. The van der Waals surface area contributed by atoms with E-state index in [1.54, 1.807) is 0 Å². The van der Waals surface area contributed by atoms with E-state index in [9.17, 15) is 0 Å². The Hall–Kier alpha value is -0.280. The van der Waals surface area contributed by atoms with E-state index in [4.69, 9.17) is 23.2 Å². The fourth-order valence-electron chi connectivity index (χ4n) is 0.399. The molecule has 1 aromatic rings. The molecule has 1 aromatic heterocycles. The second-order valence-corrected chi connectivity index (χ2v) is 1.91. The SMILES string of the molecule is ClCc1noc(CCl)n1. The molecule has 0 unspecified atom stereocenters. The van der Waals surface area contributed by atoms with Crippen molar-refractivity contribution in [2.75, 3.05) is 0 Å². The Labute approximate surface area is 62.0 Å². The van der Waals surface area contributed by atoms with Gasteiger partial charge in [0.1, 0.15) is 5.88 Å². The summed E-state index contributed by atoms with van der Waals surface area (Å²) in [6.45, 7) is 0. The van der Waals surface area contributed by atoms with Gasteiger partial charge >= 0.3 is 0 Å². The van der Waals surface area contributed by atoms with Gasteiger partial charge in [-0.3, -0.25) is 0 Å². The molecule has 5 heteroatoms. The monoisotopic (exact) mass is 166 g/mol. The zero-order valence-corrected chi connectivity index (χ0v) is 5.98. The molecular weight excluding hydrogens is 163 g/mol. The normalized spacial score (nSPS) is 10.0. The van der Waals surface area contributed by atoms with Gasteiger partial charge in [-0.25, -0.2) is 0 Å². The Morgan fingerprint density at radius 1 is 1.33 bits per heavy atom. The molecule has 0 bridgehead atoms. The van der Waals surface area contributed by atoms with Crippen LogP contribution in [0.15, 0.2) is 4.52 Å². The van der Waals surface area contributed by atoms with Crippen LogP contribution in [0.25, 0.3) is 0 Å². The lowest BCUT2D eigenvalue weighted by atomic mass is 10.7. The zero-order chi connectivity index (χ0) is 6.69. The van der Waals surface area contributed by atoms with Gasteiger partial charge in [-0.15, -0.1) is 23.2 Å². The maximum absolute atomic E-state index is 5.37. The number of alkyl halides is 2. The van der Waals surface area contributed by atoms with Crippen molar-refractivity contribution in [1.82, 2.24) is 10.1 Å². The molecule has 1 heterocycles. The third kappa shape index (κ3) is 1.56. The molecule has 3 nitrogen and oxygen atoms in total. The molecule has 50 valence electrons. The molecule has 0 aliphatic heterocycles. The Bertz CT molecular complexity index is 170. The van der Waals surface area contributed by atoms with Crippen molar-refractivity contribution < 1.29 is 4.52 Å². The second-order valence-electron chi connectivity index (χ2n) is 1.37. The van der Waals surface area contributed by atoms with Crippen LogP contribution in [0.5, 0.6) is 0 Å². The molecule has 9 heavy (non-hydrogen) atoms. The quantitative estimate of drug-likeness (QED) is 0.627. The molecule has 0 atom stereocenters. The summed E-state index contributed by atoms with van der Waals surface area (Å²) < 4.78 is 4.63. The predicted molar refractivity (Wildman–Crippen MR) is 33.4 cm³/mol. The van der Waals surface area contributed by atoms with Crippen LogP contribution in [-0.4, -0.2) is 10.1 Å². The number of hydrogen-bond acceptors (Lipinski definition) is 3. The van der Waals surface area contributed by atoms with E-state index in [1.165, 1.54) is 0 Å². The number of aromatic nitrogens is 2. The maximum atomic E-state index is 5.37. The van der Waals surface area contributed by atoms with Crippen molar-refractivity contribution in [2.45, 2.75) is 11.8 Å². The second kappa shape index (κ2) is 3.03. The number of halogens is 2. The van der Waals surface area contributed by atoms with E-state index in [0.717, 1.165) is 0 Å². The average Bonchev–Trinajstić information content (AvgIpc) is 2.34. The standard InChI is InChI=1S/C4H4Cl2N2O/c5-1-3-7-4(2-6)9-8-3/h1-2H2. The first-order valence-electron chi connectivity index (χ1n) is 2.30. The van der Waals surface area contributed by atoms with Crippen LogP contribution >= 0.6 is 23.2 Å². The van der Waals surface area contributed by atoms with Crippen molar-refractivity contribution in [2.24, 2.45) is 0 Å². The van der Waals surface area contributed by atoms with Crippen LogP contribution in [0.4, 0.5) is 0 Å². The third-order valence-corrected chi connectivity index (χ3v) is 1.21. The van der Waals surface area contributed by atoms with Crippen LogP contribution in [0.1, 0.15) is 11.7 Å². The van der Waals surface area contributed by atoms with Crippen LogP contribution in [-0.2, 0) is 11.8 Å². The maximum Gasteiger partial charge on any atom is 0.241 e. The molecule has 1 rings (SSSR count). The van der Waals surface area contributed by atoms with Crippen molar-refractivity contribution in [1.29, 1.82) is 0 Å². The summed E-state index contributed by atoms with van der Waals surface area (Å²) >= 11 is 10.7. The topological polar surface area (TPSA) is 38.9 Å². The lowest BCUT2D eigenvalue weighted by Crippen LogP contribution is -1.80. The van der Waals surface area contributed by atoms with Crippen LogP contribution in [0, 0.1) is 0 Å². The Balaban J connectivity index is 2.74. The summed E-state index contributed by atoms with van der Waals surface area (Å²) in [6.07, 6.45) is 0. The number of hydrogen-bond donors (Lipinski definition) is 0. The highest BCUT2D eigenvalue weighted by Gasteiger charge is 2.01. The minimum atomic E-state index is 0.240. The Kier molecular flexibility index (Phi) is 2.30. The van der Waals surface area contributed by atoms with Gasteiger partial charge in [-0.1, -0.05) is 5.16 Å². The molecule has 0 amide bonds. The molecule has 0 aliphatic rings. The Morgan fingerprint density at radius 3 is 2.44 bits per heavy atom. The summed E-state index contributed by atoms with van der Waals surface area (Å²) in [7, 11) is 0. The molecule has 0 saturated carbocycles. The first-order valence-corrected chi connectivity index (χ1v) is 3.37. The molecule has 0 spiro atoms. The highest BCUT2D eigenvalue weighted by atomic mass is 35.5. The van der Waals surface area contributed by atoms with E-state index < -0.39 is 0 Å². The lowest BCUT2D eigenvalue weighted by molar-refractivity contribution is 0.386. The van der Waals surface area contributed by atoms with Gasteiger partial charge in [0.25, 0.3) is 0 Å². The average molecular weight is 167 g/mol. The van der Waals surface area contributed by atoms with Crippen molar-refractivity contribution >= 4 is 23.2 Å². The highest BCUT2D eigenvalue weighted by Crippen LogP contribution is 2.01. The largest absolute Gasteiger partial charge is 0.338 e. The van der Waals surface area contributed by atoms with Gasteiger partial charge in [-0.05, 0) is 0 Å². The molecule has 0 radical (unpaired) electrons. The van der Waals surface area contributed by atoms with E-state index >= 15 is 0 Å². The summed E-state index contributed by atoms with van der Waals surface area (Å²) in [5.41, 5.74) is 0. The van der Waals surface area contributed by atoms with Gasteiger partial charge in [-0.2, -0.15) is 4.98 Å². The molecule has 0 N–H and O–H groups in total. The summed E-state index contributed by atoms with van der Waals surface area (Å²) in [5.74, 6) is 1.39. The first-order chi connectivity index (χ1) is 4.36. The lowest BCUT2D eigenvalue weighted by Gasteiger charge is -1.75. The van der Waals surface area contributed by atoms with Crippen LogP contribution < -0.4 is 0 Å². The van der Waals surface area contributed by atoms with Crippen molar-refractivity contribution in [3.63, 3.8) is 0 Å². The van der Waals surface area contributed by atoms with E-state index in [0.29, 0.717) is 11.7 Å².